The minimum atomic E-state index is -0.261. The van der Waals surface area contributed by atoms with E-state index in [2.05, 4.69) is 11.9 Å². The molecule has 0 aliphatic carbocycles. The van der Waals surface area contributed by atoms with E-state index in [1.807, 2.05) is 24.3 Å². The standard InChI is InChI=1S/C14H20N2O3/c1-3-7-16(8-9-17)14(18)15-13-6-4-5-12(10-13)11-19-2/h3-6,10,17H,1,7-9,11H2,2H3,(H,15,18). The first kappa shape index (κ1) is 15.2. The summed E-state index contributed by atoms with van der Waals surface area (Å²) in [4.78, 5) is 13.5. The fourth-order valence-corrected chi connectivity index (χ4v) is 1.66. The lowest BCUT2D eigenvalue weighted by molar-refractivity contribution is 0.185. The van der Waals surface area contributed by atoms with E-state index in [0.29, 0.717) is 18.8 Å². The molecule has 5 heteroatoms. The first-order valence-electron chi connectivity index (χ1n) is 6.06. The van der Waals surface area contributed by atoms with Crippen molar-refractivity contribution in [2.75, 3.05) is 32.1 Å². The highest BCUT2D eigenvalue weighted by atomic mass is 16.5. The molecule has 1 rings (SSSR count). The largest absolute Gasteiger partial charge is 0.395 e. The van der Waals surface area contributed by atoms with Gasteiger partial charge in [0.05, 0.1) is 13.2 Å². The van der Waals surface area contributed by atoms with Gasteiger partial charge >= 0.3 is 6.03 Å². The summed E-state index contributed by atoms with van der Waals surface area (Å²) >= 11 is 0. The molecule has 0 saturated carbocycles. The molecule has 0 aliphatic rings. The lowest BCUT2D eigenvalue weighted by atomic mass is 10.2. The van der Waals surface area contributed by atoms with Crippen LogP contribution in [0.25, 0.3) is 0 Å². The number of amides is 2. The summed E-state index contributed by atoms with van der Waals surface area (Å²) in [6.45, 7) is 4.68. The smallest absolute Gasteiger partial charge is 0.322 e. The van der Waals surface area contributed by atoms with Crippen LogP contribution < -0.4 is 5.32 Å². The fraction of sp³-hybridized carbons (Fsp3) is 0.357. The van der Waals surface area contributed by atoms with Crippen LogP contribution >= 0.6 is 0 Å². The zero-order chi connectivity index (χ0) is 14.1. The van der Waals surface area contributed by atoms with E-state index in [-0.39, 0.29) is 19.2 Å². The molecule has 5 nitrogen and oxygen atoms in total. The molecule has 0 radical (unpaired) electrons. The van der Waals surface area contributed by atoms with Crippen LogP contribution in [-0.2, 0) is 11.3 Å². The monoisotopic (exact) mass is 264 g/mol. The molecule has 0 unspecified atom stereocenters. The van der Waals surface area contributed by atoms with E-state index < -0.39 is 0 Å². The molecule has 0 fully saturated rings. The van der Waals surface area contributed by atoms with Gasteiger partial charge in [0.2, 0.25) is 0 Å². The van der Waals surface area contributed by atoms with Crippen LogP contribution in [-0.4, -0.2) is 42.8 Å². The number of benzene rings is 1. The first-order valence-corrected chi connectivity index (χ1v) is 6.06. The second kappa shape index (κ2) is 8.29. The maximum Gasteiger partial charge on any atom is 0.322 e. The Hall–Kier alpha value is -1.85. The number of methoxy groups -OCH3 is 1. The first-order chi connectivity index (χ1) is 9.21. The second-order valence-electron chi connectivity index (χ2n) is 4.02. The maximum atomic E-state index is 12.0. The van der Waals surface area contributed by atoms with Crippen LogP contribution in [0.3, 0.4) is 0 Å². The number of carbonyl (C=O) groups is 1. The predicted octanol–water partition coefficient (Wildman–Crippen LogP) is 1.85. The maximum absolute atomic E-state index is 12.0. The molecular weight excluding hydrogens is 244 g/mol. The summed E-state index contributed by atoms with van der Waals surface area (Å²) in [7, 11) is 1.62. The lowest BCUT2D eigenvalue weighted by Gasteiger charge is -2.20. The second-order valence-corrected chi connectivity index (χ2v) is 4.02. The molecule has 0 aromatic heterocycles. The summed E-state index contributed by atoms with van der Waals surface area (Å²) in [6.07, 6.45) is 1.62. The quantitative estimate of drug-likeness (QED) is 0.739. The molecule has 0 bridgehead atoms. The van der Waals surface area contributed by atoms with Crippen LogP contribution in [0.2, 0.25) is 0 Å². The number of hydrogen-bond acceptors (Lipinski definition) is 3. The summed E-state index contributed by atoms with van der Waals surface area (Å²) in [5, 5.41) is 11.7. The van der Waals surface area contributed by atoms with Gasteiger partial charge in [-0.3, -0.25) is 0 Å². The van der Waals surface area contributed by atoms with Crippen LogP contribution in [0.15, 0.2) is 36.9 Å². The molecule has 1 aromatic carbocycles. The van der Waals surface area contributed by atoms with Crippen LogP contribution in [0.1, 0.15) is 5.56 Å². The third-order valence-corrected chi connectivity index (χ3v) is 2.50. The number of aliphatic hydroxyl groups is 1. The van der Waals surface area contributed by atoms with Gasteiger partial charge in [-0.1, -0.05) is 18.2 Å². The average Bonchev–Trinajstić information content (AvgIpc) is 2.39. The van der Waals surface area contributed by atoms with Gasteiger partial charge in [-0.2, -0.15) is 0 Å². The van der Waals surface area contributed by atoms with Crippen molar-refractivity contribution in [1.82, 2.24) is 4.90 Å². The molecule has 2 N–H and O–H groups in total. The van der Waals surface area contributed by atoms with Crippen LogP contribution in [0.5, 0.6) is 0 Å². The Balaban J connectivity index is 2.68. The topological polar surface area (TPSA) is 61.8 Å². The van der Waals surface area contributed by atoms with Crippen molar-refractivity contribution in [2.45, 2.75) is 6.61 Å². The van der Waals surface area contributed by atoms with E-state index in [4.69, 9.17) is 9.84 Å². The van der Waals surface area contributed by atoms with Crippen molar-refractivity contribution in [1.29, 1.82) is 0 Å². The molecule has 0 heterocycles. The number of nitrogens with zero attached hydrogens (tertiary/aromatic N) is 1. The third kappa shape index (κ3) is 5.11. The third-order valence-electron chi connectivity index (χ3n) is 2.50. The zero-order valence-corrected chi connectivity index (χ0v) is 11.1. The Labute approximate surface area is 113 Å². The van der Waals surface area contributed by atoms with Gasteiger partial charge in [0.25, 0.3) is 0 Å². The SMILES string of the molecule is C=CCN(CCO)C(=O)Nc1cccc(COC)c1. The molecular formula is C14H20N2O3. The van der Waals surface area contributed by atoms with E-state index in [1.165, 1.54) is 4.90 Å². The molecule has 0 aliphatic heterocycles. The average molecular weight is 264 g/mol. The summed E-state index contributed by atoms with van der Waals surface area (Å²) in [5.74, 6) is 0. The Bertz CT molecular complexity index is 421. The number of anilines is 1. The number of aliphatic hydroxyl groups excluding tert-OH is 1. The molecule has 1 aromatic rings. The fourth-order valence-electron chi connectivity index (χ4n) is 1.66. The van der Waals surface area contributed by atoms with Gasteiger partial charge in [-0.25, -0.2) is 4.79 Å². The Morgan fingerprint density at radius 3 is 3.00 bits per heavy atom. The molecule has 0 spiro atoms. The molecule has 0 saturated heterocycles. The minimum Gasteiger partial charge on any atom is -0.395 e. The molecule has 2 amide bonds. The van der Waals surface area contributed by atoms with E-state index >= 15 is 0 Å². The lowest BCUT2D eigenvalue weighted by Crippen LogP contribution is -2.37. The predicted molar refractivity (Wildman–Crippen MR) is 75.0 cm³/mol. The minimum absolute atomic E-state index is 0.0784. The normalized spacial score (nSPS) is 10.0. The van der Waals surface area contributed by atoms with Gasteiger partial charge in [0.15, 0.2) is 0 Å². The van der Waals surface area contributed by atoms with Gasteiger partial charge in [-0.15, -0.1) is 6.58 Å². The number of nitrogens with one attached hydrogen (secondary N) is 1. The Kier molecular flexibility index (Phi) is 6.63. The number of hydrogen-bond donors (Lipinski definition) is 2. The van der Waals surface area contributed by atoms with Gasteiger partial charge in [0, 0.05) is 25.9 Å². The van der Waals surface area contributed by atoms with E-state index in [1.54, 1.807) is 13.2 Å². The van der Waals surface area contributed by atoms with Gasteiger partial charge < -0.3 is 20.1 Å². The zero-order valence-electron chi connectivity index (χ0n) is 11.1. The molecule has 104 valence electrons. The van der Waals surface area contributed by atoms with Crippen LogP contribution in [0.4, 0.5) is 10.5 Å². The van der Waals surface area contributed by atoms with E-state index in [0.717, 1.165) is 5.56 Å². The summed E-state index contributed by atoms with van der Waals surface area (Å²) in [5.41, 5.74) is 1.68. The van der Waals surface area contributed by atoms with Crippen molar-refractivity contribution < 1.29 is 14.6 Å². The van der Waals surface area contributed by atoms with Crippen LogP contribution in [0, 0.1) is 0 Å². The Morgan fingerprint density at radius 2 is 2.37 bits per heavy atom. The van der Waals surface area contributed by atoms with Crippen molar-refractivity contribution in [3.05, 3.63) is 42.5 Å². The van der Waals surface area contributed by atoms with Gasteiger partial charge in [0.1, 0.15) is 0 Å². The number of urea groups is 1. The van der Waals surface area contributed by atoms with Crippen molar-refractivity contribution in [2.24, 2.45) is 0 Å². The highest BCUT2D eigenvalue weighted by molar-refractivity contribution is 5.89. The van der Waals surface area contributed by atoms with Crippen molar-refractivity contribution >= 4 is 11.7 Å². The number of ether oxygens (including phenoxy) is 1. The van der Waals surface area contributed by atoms with E-state index in [9.17, 15) is 4.79 Å². The highest BCUT2D eigenvalue weighted by Crippen LogP contribution is 2.12. The highest BCUT2D eigenvalue weighted by Gasteiger charge is 2.11. The number of rotatable bonds is 7. The molecule has 19 heavy (non-hydrogen) atoms. The molecule has 0 atom stereocenters. The summed E-state index contributed by atoms with van der Waals surface area (Å²) in [6, 6.07) is 7.18. The van der Waals surface area contributed by atoms with Crippen molar-refractivity contribution in [3.8, 4) is 0 Å². The number of carbonyl (C=O) groups excluding carboxylic acids is 1. The Morgan fingerprint density at radius 1 is 1.58 bits per heavy atom. The summed E-state index contributed by atoms with van der Waals surface area (Å²) < 4.78 is 5.04. The van der Waals surface area contributed by atoms with Crippen molar-refractivity contribution in [3.63, 3.8) is 0 Å². The van der Waals surface area contributed by atoms with Gasteiger partial charge in [-0.05, 0) is 17.7 Å².